The number of nitriles is 1. The van der Waals surface area contributed by atoms with Gasteiger partial charge in [-0.1, -0.05) is 52.3 Å². The summed E-state index contributed by atoms with van der Waals surface area (Å²) in [6.07, 6.45) is 11.4. The van der Waals surface area contributed by atoms with Gasteiger partial charge in [0.05, 0.1) is 102 Å². The minimum absolute atomic E-state index is 0.0970. The van der Waals surface area contributed by atoms with Gasteiger partial charge in [0.15, 0.2) is 5.65 Å². The first-order chi connectivity index (χ1) is 37.7. The van der Waals surface area contributed by atoms with Crippen molar-refractivity contribution in [1.82, 2.24) is 34.4 Å². The molecule has 4 aromatic heterocycles. The quantitative estimate of drug-likeness (QED) is 0.0411. The number of amides is 1. The van der Waals surface area contributed by atoms with Gasteiger partial charge in [0.2, 0.25) is 5.95 Å². The summed E-state index contributed by atoms with van der Waals surface area (Å²) in [4.78, 5) is 44.1. The van der Waals surface area contributed by atoms with Crippen LogP contribution in [0.4, 0.5) is 17.6 Å². The Morgan fingerprint density at radius 1 is 0.872 bits per heavy atom. The Kier molecular flexibility index (Phi) is 22.4. The minimum Gasteiger partial charge on any atom is -0.489 e. The fraction of sp³-hybridized carbons (Fsp3) is 0.589. The number of fused-ring (bicyclic) bond motifs is 1. The smallest absolute Gasteiger partial charge is 0.254 e. The number of likely N-dealkylation sites (N-methyl/N-ethyl adjacent to an activating group) is 1. The van der Waals surface area contributed by atoms with Crippen LogP contribution in [0.15, 0.2) is 66.0 Å². The topological polar surface area (TPSA) is 234 Å². The zero-order valence-corrected chi connectivity index (χ0v) is 46.8. The molecule has 3 N–H and O–H groups in total. The zero-order valence-electron chi connectivity index (χ0n) is 46.1. The first-order valence-electron chi connectivity index (χ1n) is 27.1. The molecule has 7 rings (SSSR count). The number of aryl methyl sites for hydroxylation is 1. The predicted octanol–water partition coefficient (Wildman–Crippen LogP) is 5.97. The number of anilines is 3. The number of pyridine rings is 1. The third kappa shape index (κ3) is 15.9. The lowest BCUT2D eigenvalue weighted by molar-refractivity contribution is -0.164. The lowest BCUT2D eigenvalue weighted by Gasteiger charge is -2.63. The molecule has 2 fully saturated rings. The molecule has 1 saturated heterocycles. The second-order valence-corrected chi connectivity index (χ2v) is 21.1. The highest BCUT2D eigenvalue weighted by atomic mass is 35.5. The normalized spacial score (nSPS) is 17.6. The highest BCUT2D eigenvalue weighted by molar-refractivity contribution is 6.31. The van der Waals surface area contributed by atoms with Gasteiger partial charge in [-0.25, -0.2) is 15.0 Å². The SMILES string of the molecule is CCc1cnn2c(NCc3ccc(=O)n(CCOCCOCCOCCOCCOCCOCCN(C)c4ncc(C(=O)N[C@H]5C(C)(C)[C@H](Oc6ccc(C#N)c(Cl)c6)C5(C)C)cn4)c3)cc(N3CCCCC3CCO)nc12. The van der Waals surface area contributed by atoms with Crippen LogP contribution in [0.25, 0.3) is 5.65 Å². The monoisotopic (exact) mass is 1100 g/mol. The maximum absolute atomic E-state index is 13.3. The van der Waals surface area contributed by atoms with Gasteiger partial charge in [0.25, 0.3) is 11.5 Å². The van der Waals surface area contributed by atoms with Gasteiger partial charge in [-0.05, 0) is 49.8 Å². The number of benzene rings is 1. The molecule has 1 saturated carbocycles. The number of carbonyl (C=O) groups excluding carboxylic acids is 1. The number of halogens is 1. The lowest BCUT2D eigenvalue weighted by Crippen LogP contribution is -2.74. The van der Waals surface area contributed by atoms with Gasteiger partial charge < -0.3 is 63.3 Å². The zero-order chi connectivity index (χ0) is 55.5. The van der Waals surface area contributed by atoms with Crippen LogP contribution in [0.3, 0.4) is 0 Å². The van der Waals surface area contributed by atoms with Gasteiger partial charge in [0, 0.05) is 105 Å². The standard InChI is InChI=1S/C56H78ClN11O10/c1-7-41-38-62-68-47(33-48(63-50(41)68)67-16-9-8-10-44(67)15-19-69)59-35-40-11-14-49(70)66(39-40)18-21-73-23-25-75-27-29-77-31-30-76-28-26-74-24-22-72-20-17-65(6)54-60-36-43(37-61-54)51(71)64-52-55(2,3)53(56(52,4)5)78-45-13-12-42(34-58)46(57)32-45/h11-14,32-33,36-39,44,52-53,59,69H,7-10,15-31,35H2,1-6H3,(H,64,71)/t44?,52-,53-. The van der Waals surface area contributed by atoms with E-state index in [0.29, 0.717) is 133 Å². The molecule has 1 aliphatic heterocycles. The average Bonchev–Trinajstić information content (AvgIpc) is 3.96. The van der Waals surface area contributed by atoms with E-state index in [9.17, 15) is 20.0 Å². The van der Waals surface area contributed by atoms with Gasteiger partial charge in [-0.2, -0.15) is 14.9 Å². The molecule has 1 aliphatic carbocycles. The summed E-state index contributed by atoms with van der Waals surface area (Å²) in [6, 6.07) is 12.6. The van der Waals surface area contributed by atoms with Crippen molar-refractivity contribution >= 4 is 40.7 Å². The van der Waals surface area contributed by atoms with Crippen LogP contribution in [0.1, 0.15) is 87.4 Å². The summed E-state index contributed by atoms with van der Waals surface area (Å²) in [5, 5.41) is 30.6. The number of piperidine rings is 1. The molecule has 2 aliphatic rings. The van der Waals surface area contributed by atoms with Crippen LogP contribution >= 0.6 is 11.6 Å². The predicted molar refractivity (Wildman–Crippen MR) is 297 cm³/mol. The van der Waals surface area contributed by atoms with Crippen molar-refractivity contribution in [2.75, 3.05) is 121 Å². The number of aromatic nitrogens is 6. The molecule has 5 aromatic rings. The second kappa shape index (κ2) is 29.3. The second-order valence-electron chi connectivity index (χ2n) is 20.7. The number of hydrogen-bond donors (Lipinski definition) is 3. The number of rotatable bonds is 33. The lowest BCUT2D eigenvalue weighted by atomic mass is 9.49. The Labute approximate surface area is 462 Å². The van der Waals surface area contributed by atoms with Crippen LogP contribution in [-0.4, -0.2) is 164 Å². The van der Waals surface area contributed by atoms with E-state index in [1.165, 1.54) is 12.4 Å². The van der Waals surface area contributed by atoms with E-state index < -0.39 is 10.8 Å². The van der Waals surface area contributed by atoms with Crippen molar-refractivity contribution in [3.63, 3.8) is 0 Å². The number of aliphatic hydroxyl groups is 1. The highest BCUT2D eigenvalue weighted by Gasteiger charge is 2.64. The first-order valence-corrected chi connectivity index (χ1v) is 27.5. The largest absolute Gasteiger partial charge is 0.489 e. The van der Waals surface area contributed by atoms with E-state index in [1.54, 1.807) is 28.8 Å². The number of ether oxygens (including phenoxy) is 7. The summed E-state index contributed by atoms with van der Waals surface area (Å²) in [5.74, 6) is 2.49. The molecule has 1 aromatic carbocycles. The van der Waals surface area contributed by atoms with Crippen LogP contribution in [0.5, 0.6) is 5.75 Å². The molecule has 1 atom stereocenters. The van der Waals surface area contributed by atoms with Crippen molar-refractivity contribution in [3.05, 3.63) is 98.8 Å². The van der Waals surface area contributed by atoms with E-state index in [1.807, 2.05) is 41.0 Å². The van der Waals surface area contributed by atoms with Gasteiger partial charge in [-0.15, -0.1) is 0 Å². The number of hydrogen-bond acceptors (Lipinski definition) is 18. The van der Waals surface area contributed by atoms with Crippen LogP contribution in [0.2, 0.25) is 5.02 Å². The molecule has 1 unspecified atom stereocenters. The van der Waals surface area contributed by atoms with Gasteiger partial charge in [-0.3, -0.25) is 9.59 Å². The van der Waals surface area contributed by atoms with E-state index in [2.05, 4.69) is 71.3 Å². The van der Waals surface area contributed by atoms with Crippen LogP contribution in [-0.2, 0) is 47.9 Å². The van der Waals surface area contributed by atoms with Crippen molar-refractivity contribution in [1.29, 1.82) is 5.26 Å². The van der Waals surface area contributed by atoms with Crippen molar-refractivity contribution < 1.29 is 43.1 Å². The summed E-state index contributed by atoms with van der Waals surface area (Å²) in [6.45, 7) is 17.9. The Balaban J connectivity index is 0.670. The molecular formula is C56H78ClN11O10. The van der Waals surface area contributed by atoms with Gasteiger partial charge >= 0.3 is 0 Å². The number of nitrogens with zero attached hydrogens (tertiary/aromatic N) is 9. The summed E-state index contributed by atoms with van der Waals surface area (Å²) in [5.41, 5.74) is 2.68. The van der Waals surface area contributed by atoms with Crippen molar-refractivity contribution in [3.8, 4) is 11.8 Å². The highest BCUT2D eigenvalue weighted by Crippen LogP contribution is 2.55. The number of carbonyl (C=O) groups is 1. The third-order valence-corrected chi connectivity index (χ3v) is 14.7. The van der Waals surface area contributed by atoms with E-state index >= 15 is 0 Å². The molecule has 21 nitrogen and oxygen atoms in total. The maximum atomic E-state index is 13.3. The molecule has 22 heteroatoms. The van der Waals surface area contributed by atoms with E-state index in [0.717, 1.165) is 60.6 Å². The van der Waals surface area contributed by atoms with Crippen molar-refractivity contribution in [2.24, 2.45) is 10.8 Å². The number of nitrogens with one attached hydrogen (secondary N) is 2. The van der Waals surface area contributed by atoms with Crippen LogP contribution < -0.4 is 30.7 Å². The maximum Gasteiger partial charge on any atom is 0.254 e. The first kappa shape index (κ1) is 59.7. The Morgan fingerprint density at radius 2 is 1.51 bits per heavy atom. The Hall–Kier alpha value is -5.96. The summed E-state index contributed by atoms with van der Waals surface area (Å²) >= 11 is 6.24. The number of aliphatic hydroxyl groups excluding tert-OH is 1. The molecule has 0 radical (unpaired) electrons. The molecule has 78 heavy (non-hydrogen) atoms. The van der Waals surface area contributed by atoms with Crippen LogP contribution in [0, 0.1) is 22.2 Å². The molecule has 5 heterocycles. The summed E-state index contributed by atoms with van der Waals surface area (Å²) in [7, 11) is 1.86. The average molecular weight is 1100 g/mol. The van der Waals surface area contributed by atoms with Crippen molar-refractivity contribution in [2.45, 2.75) is 98.0 Å². The Bertz CT molecular complexity index is 2770. The fourth-order valence-electron chi connectivity index (χ4n) is 10.4. The van der Waals surface area contributed by atoms with E-state index in [-0.39, 0.29) is 36.3 Å². The molecule has 1 amide bonds. The fourth-order valence-corrected chi connectivity index (χ4v) is 10.6. The minimum atomic E-state index is -0.400. The molecule has 0 spiro atoms. The Morgan fingerprint density at radius 3 is 2.13 bits per heavy atom. The third-order valence-electron chi connectivity index (χ3n) is 14.4. The molecule has 0 bridgehead atoms. The molecular weight excluding hydrogens is 1020 g/mol. The summed E-state index contributed by atoms with van der Waals surface area (Å²) < 4.78 is 43.8. The van der Waals surface area contributed by atoms with Gasteiger partial charge in [0.1, 0.15) is 29.6 Å². The van der Waals surface area contributed by atoms with E-state index in [4.69, 9.17) is 49.7 Å². The molecule has 424 valence electrons.